The van der Waals surface area contributed by atoms with Crippen LogP contribution in [0.15, 0.2) is 22.8 Å². The number of fused-ring (bicyclic) bond motifs is 1. The summed E-state index contributed by atoms with van der Waals surface area (Å²) in [4.78, 5) is 16.3. The number of aliphatic hydroxyl groups excluding tert-OH is 1. The van der Waals surface area contributed by atoms with E-state index in [0.29, 0.717) is 24.4 Å². The second-order valence-corrected chi connectivity index (χ2v) is 3.75. The van der Waals surface area contributed by atoms with Crippen molar-refractivity contribution in [3.63, 3.8) is 0 Å². The number of aliphatic hydroxyl groups is 1. The van der Waals surface area contributed by atoms with Gasteiger partial charge in [0.1, 0.15) is 5.69 Å². The predicted molar refractivity (Wildman–Crippen MR) is 52.5 cm³/mol. The molecule has 5 heteroatoms. The maximum Gasteiger partial charge on any atom is 0.270 e. The molecule has 0 bridgehead atoms. The molecule has 0 unspecified atom stereocenters. The van der Waals surface area contributed by atoms with Crippen LogP contribution in [0.3, 0.4) is 0 Å². The summed E-state index contributed by atoms with van der Waals surface area (Å²) in [5.74, 6) is -0.0910. The van der Waals surface area contributed by atoms with Crippen LogP contribution >= 0.6 is 0 Å². The van der Waals surface area contributed by atoms with E-state index in [1.54, 1.807) is 23.3 Å². The summed E-state index contributed by atoms with van der Waals surface area (Å²) in [7, 11) is 0. The monoisotopic (exact) mass is 206 g/mol. The molecule has 3 heterocycles. The van der Waals surface area contributed by atoms with Crippen molar-refractivity contribution in [1.29, 1.82) is 0 Å². The van der Waals surface area contributed by atoms with Crippen LogP contribution in [0.2, 0.25) is 0 Å². The zero-order valence-electron chi connectivity index (χ0n) is 7.93. The predicted octanol–water partition coefficient (Wildman–Crippen LogP) is 0.578. The van der Waals surface area contributed by atoms with Crippen molar-refractivity contribution in [1.82, 2.24) is 9.88 Å². The Balaban J connectivity index is 1.87. The van der Waals surface area contributed by atoms with Crippen LogP contribution in [0.4, 0.5) is 0 Å². The number of amides is 1. The van der Waals surface area contributed by atoms with Gasteiger partial charge in [-0.2, -0.15) is 0 Å². The van der Waals surface area contributed by atoms with E-state index in [4.69, 9.17) is 9.52 Å². The highest BCUT2D eigenvalue weighted by Gasteiger charge is 2.30. The molecule has 1 aliphatic rings. The van der Waals surface area contributed by atoms with Gasteiger partial charge in [0.25, 0.3) is 5.91 Å². The molecule has 1 amide bonds. The minimum atomic E-state index is -0.369. The number of nitrogens with zero attached hydrogens (tertiary/aromatic N) is 1. The van der Waals surface area contributed by atoms with Crippen molar-refractivity contribution in [2.45, 2.75) is 6.10 Å². The molecular formula is C10H10N2O3. The second-order valence-electron chi connectivity index (χ2n) is 3.75. The van der Waals surface area contributed by atoms with Crippen LogP contribution in [-0.4, -0.2) is 40.1 Å². The average Bonchev–Trinajstić information content (AvgIpc) is 2.70. The normalized spacial score (nSPS) is 17.0. The Bertz CT molecular complexity index is 479. The highest BCUT2D eigenvalue weighted by molar-refractivity contribution is 5.97. The lowest BCUT2D eigenvalue weighted by atomic mass is 10.1. The molecule has 78 valence electrons. The summed E-state index contributed by atoms with van der Waals surface area (Å²) in [5.41, 5.74) is 2.01. The molecule has 15 heavy (non-hydrogen) atoms. The first-order valence-corrected chi connectivity index (χ1v) is 4.77. The molecule has 2 aromatic rings. The van der Waals surface area contributed by atoms with Crippen LogP contribution in [0.25, 0.3) is 11.1 Å². The smallest absolute Gasteiger partial charge is 0.270 e. The lowest BCUT2D eigenvalue weighted by molar-refractivity contribution is 0.00556. The number of β-amino-alcohol motifs (C(OH)–C–C–N with tert-alkyl or cyclic N) is 1. The van der Waals surface area contributed by atoms with E-state index in [-0.39, 0.29) is 12.0 Å². The number of H-pyrrole nitrogens is 1. The van der Waals surface area contributed by atoms with E-state index in [1.807, 2.05) is 0 Å². The lowest BCUT2D eigenvalue weighted by Gasteiger charge is -2.35. The molecular weight excluding hydrogens is 196 g/mol. The van der Waals surface area contributed by atoms with Gasteiger partial charge in [0.05, 0.1) is 17.9 Å². The van der Waals surface area contributed by atoms with Crippen LogP contribution < -0.4 is 0 Å². The fourth-order valence-corrected chi connectivity index (χ4v) is 1.75. The van der Waals surface area contributed by atoms with Gasteiger partial charge < -0.3 is 19.4 Å². The Morgan fingerprint density at radius 2 is 2.40 bits per heavy atom. The van der Waals surface area contributed by atoms with Crippen LogP contribution in [0.1, 0.15) is 10.5 Å². The van der Waals surface area contributed by atoms with Crippen molar-refractivity contribution in [3.8, 4) is 0 Å². The molecule has 0 atom stereocenters. The molecule has 0 aromatic carbocycles. The van der Waals surface area contributed by atoms with Crippen molar-refractivity contribution in [3.05, 3.63) is 24.1 Å². The number of aromatic amines is 1. The van der Waals surface area contributed by atoms with Gasteiger partial charge in [-0.15, -0.1) is 0 Å². The highest BCUT2D eigenvalue weighted by Crippen LogP contribution is 2.19. The third kappa shape index (κ3) is 1.24. The number of likely N-dealkylation sites (tertiary alicyclic amines) is 1. The van der Waals surface area contributed by atoms with Gasteiger partial charge in [0.15, 0.2) is 5.58 Å². The van der Waals surface area contributed by atoms with Gasteiger partial charge in [-0.1, -0.05) is 0 Å². The van der Waals surface area contributed by atoms with Crippen molar-refractivity contribution >= 4 is 17.0 Å². The number of nitrogens with one attached hydrogen (secondary N) is 1. The number of aromatic nitrogens is 1. The number of rotatable bonds is 1. The molecule has 0 radical (unpaired) electrons. The molecule has 0 aliphatic carbocycles. The second kappa shape index (κ2) is 2.87. The van der Waals surface area contributed by atoms with E-state index in [1.165, 1.54) is 0 Å². The average molecular weight is 206 g/mol. The van der Waals surface area contributed by atoms with Crippen LogP contribution in [0.5, 0.6) is 0 Å². The van der Waals surface area contributed by atoms with E-state index < -0.39 is 0 Å². The summed E-state index contributed by atoms with van der Waals surface area (Å²) in [6.45, 7) is 0.832. The Hall–Kier alpha value is -1.75. The molecule has 1 aliphatic heterocycles. The third-order valence-electron chi connectivity index (χ3n) is 2.62. The summed E-state index contributed by atoms with van der Waals surface area (Å²) < 4.78 is 5.15. The molecule has 2 aromatic heterocycles. The minimum absolute atomic E-state index is 0.0910. The first-order chi connectivity index (χ1) is 7.24. The maximum atomic E-state index is 11.8. The van der Waals surface area contributed by atoms with Gasteiger partial charge in [0.2, 0.25) is 0 Å². The Kier molecular flexibility index (Phi) is 1.63. The van der Waals surface area contributed by atoms with E-state index in [2.05, 4.69) is 4.98 Å². The lowest BCUT2D eigenvalue weighted by Crippen LogP contribution is -2.53. The van der Waals surface area contributed by atoms with Gasteiger partial charge >= 0.3 is 0 Å². The fourth-order valence-electron chi connectivity index (χ4n) is 1.75. The quantitative estimate of drug-likeness (QED) is 0.717. The molecule has 2 N–H and O–H groups in total. The zero-order valence-corrected chi connectivity index (χ0v) is 7.93. The Morgan fingerprint density at radius 1 is 1.60 bits per heavy atom. The first kappa shape index (κ1) is 8.55. The summed E-state index contributed by atoms with van der Waals surface area (Å²) in [5, 5.41) is 9.09. The van der Waals surface area contributed by atoms with Crippen molar-refractivity contribution in [2.75, 3.05) is 13.1 Å². The number of furan rings is 1. The third-order valence-corrected chi connectivity index (χ3v) is 2.62. The summed E-state index contributed by atoms with van der Waals surface area (Å²) >= 11 is 0. The van der Waals surface area contributed by atoms with Crippen molar-refractivity contribution < 1.29 is 14.3 Å². The van der Waals surface area contributed by atoms with Gasteiger partial charge in [-0.05, 0) is 0 Å². The summed E-state index contributed by atoms with van der Waals surface area (Å²) in [6, 6.07) is 3.46. The first-order valence-electron chi connectivity index (χ1n) is 4.77. The van der Waals surface area contributed by atoms with Gasteiger partial charge in [0, 0.05) is 25.2 Å². The molecule has 1 fully saturated rings. The number of carbonyl (C=O) groups is 1. The van der Waals surface area contributed by atoms with Crippen molar-refractivity contribution in [2.24, 2.45) is 0 Å². The van der Waals surface area contributed by atoms with Gasteiger partial charge in [-0.25, -0.2) is 0 Å². The number of carbonyl (C=O) groups excluding carboxylic acids is 1. The van der Waals surface area contributed by atoms with Gasteiger partial charge in [-0.3, -0.25) is 4.79 Å². The standard InChI is InChI=1S/C10H10N2O3/c13-6-4-12(5-6)10(14)8-3-9-7(11-8)1-2-15-9/h1-3,6,11,13H,4-5H2. The highest BCUT2D eigenvalue weighted by atomic mass is 16.3. The number of hydrogen-bond acceptors (Lipinski definition) is 3. The molecule has 5 nitrogen and oxygen atoms in total. The molecule has 0 saturated carbocycles. The van der Waals surface area contributed by atoms with Crippen LogP contribution in [0, 0.1) is 0 Å². The topological polar surface area (TPSA) is 69.5 Å². The largest absolute Gasteiger partial charge is 0.463 e. The number of hydrogen-bond donors (Lipinski definition) is 2. The van der Waals surface area contributed by atoms with E-state index >= 15 is 0 Å². The minimum Gasteiger partial charge on any atom is -0.463 e. The molecule has 0 spiro atoms. The molecule has 1 saturated heterocycles. The SMILES string of the molecule is O=C(c1cc2occc2[nH]1)N1CC(O)C1. The maximum absolute atomic E-state index is 11.8. The Labute approximate surface area is 85.3 Å². The van der Waals surface area contributed by atoms with Crippen LogP contribution in [-0.2, 0) is 0 Å². The summed E-state index contributed by atoms with van der Waals surface area (Å²) in [6.07, 6.45) is 1.20. The van der Waals surface area contributed by atoms with E-state index in [9.17, 15) is 4.79 Å². The zero-order chi connectivity index (χ0) is 10.4. The molecule has 3 rings (SSSR count). The fraction of sp³-hybridized carbons (Fsp3) is 0.300. The Morgan fingerprint density at radius 3 is 3.07 bits per heavy atom. The van der Waals surface area contributed by atoms with E-state index in [0.717, 1.165) is 5.52 Å².